The van der Waals surface area contributed by atoms with Crippen molar-refractivity contribution in [1.82, 2.24) is 25.5 Å². The average molecular weight is 419 g/mol. The number of aromatic nitrogens is 2. The zero-order chi connectivity index (χ0) is 21.3. The van der Waals surface area contributed by atoms with Crippen LogP contribution in [0.25, 0.3) is 0 Å². The Morgan fingerprint density at radius 1 is 1.27 bits per heavy atom. The van der Waals surface area contributed by atoms with E-state index in [1.807, 2.05) is 20.8 Å². The molecule has 1 aromatic heterocycles. The van der Waals surface area contributed by atoms with Crippen molar-refractivity contribution in [3.05, 3.63) is 11.8 Å². The number of hydrogen-bond acceptors (Lipinski definition) is 7. The SMILES string of the molecule is CC(C)(C)OC(=O)N[C@@H]1CCC(c2nnc([C@@H]3CC4(CC4)[C@@H]4CN3C(=O)N4O)o2)C1. The normalized spacial score (nSPS) is 32.1. The second-order valence-corrected chi connectivity index (χ2v) is 10.2. The second kappa shape index (κ2) is 6.57. The predicted octanol–water partition coefficient (Wildman–Crippen LogP) is 2.95. The molecule has 2 aliphatic heterocycles. The van der Waals surface area contributed by atoms with Gasteiger partial charge >= 0.3 is 12.1 Å². The van der Waals surface area contributed by atoms with Gasteiger partial charge in [0.2, 0.25) is 11.8 Å². The van der Waals surface area contributed by atoms with Gasteiger partial charge in [0.15, 0.2) is 0 Å². The topological polar surface area (TPSA) is 121 Å². The molecule has 10 heteroatoms. The van der Waals surface area contributed by atoms with E-state index in [1.54, 1.807) is 4.90 Å². The third-order valence-corrected chi connectivity index (χ3v) is 6.93. The molecule has 1 unspecified atom stereocenters. The van der Waals surface area contributed by atoms with E-state index >= 15 is 0 Å². The average Bonchev–Trinajstić information content (AvgIpc) is 3.02. The molecule has 2 aliphatic carbocycles. The molecular formula is C20H29N5O5. The molecule has 4 fully saturated rings. The summed E-state index contributed by atoms with van der Waals surface area (Å²) in [6.07, 6.45) is 4.72. The van der Waals surface area contributed by atoms with Crippen LogP contribution in [-0.4, -0.2) is 61.7 Å². The summed E-state index contributed by atoms with van der Waals surface area (Å²) in [5, 5.41) is 22.5. The maximum Gasteiger partial charge on any atom is 0.407 e. The standard InChI is InChI=1S/C20H29N5O5/c1-19(2,3)30-17(26)21-12-5-4-11(8-12)15-22-23-16(29-15)13-9-20(6-7-20)14-10-24(13)18(27)25(14)28/h11-14,28H,4-10H2,1-3H3,(H,21,26)/t11?,12-,13+,14+/m1/s1. The number of amides is 3. The minimum absolute atomic E-state index is 0.00785. The number of nitrogens with one attached hydrogen (secondary N) is 1. The van der Waals surface area contributed by atoms with Gasteiger partial charge in [0.05, 0.1) is 6.04 Å². The Labute approximate surface area is 174 Å². The van der Waals surface area contributed by atoms with E-state index in [2.05, 4.69) is 15.5 Å². The van der Waals surface area contributed by atoms with Crippen molar-refractivity contribution in [3.8, 4) is 0 Å². The van der Waals surface area contributed by atoms with Gasteiger partial charge in [0, 0.05) is 18.5 Å². The van der Waals surface area contributed by atoms with Crippen LogP contribution in [0.15, 0.2) is 4.42 Å². The highest BCUT2D eigenvalue weighted by molar-refractivity contribution is 5.77. The van der Waals surface area contributed by atoms with E-state index in [0.29, 0.717) is 24.7 Å². The number of rotatable bonds is 3. The Hall–Kier alpha value is -2.36. The van der Waals surface area contributed by atoms with Crippen LogP contribution < -0.4 is 5.32 Å². The van der Waals surface area contributed by atoms with Gasteiger partial charge in [-0.05, 0) is 64.7 Å². The summed E-state index contributed by atoms with van der Waals surface area (Å²) in [4.78, 5) is 26.1. The van der Waals surface area contributed by atoms with Gasteiger partial charge in [-0.25, -0.2) is 14.7 Å². The quantitative estimate of drug-likeness (QED) is 0.723. The minimum Gasteiger partial charge on any atom is -0.444 e. The first-order valence-electron chi connectivity index (χ1n) is 10.8. The van der Waals surface area contributed by atoms with Gasteiger partial charge < -0.3 is 19.4 Å². The highest BCUT2D eigenvalue weighted by atomic mass is 16.6. The van der Waals surface area contributed by atoms with E-state index in [4.69, 9.17) is 9.15 Å². The van der Waals surface area contributed by atoms with Gasteiger partial charge in [0.1, 0.15) is 11.6 Å². The van der Waals surface area contributed by atoms with E-state index in [0.717, 1.165) is 37.2 Å². The van der Waals surface area contributed by atoms with Gasteiger partial charge in [-0.2, -0.15) is 0 Å². The molecule has 4 aliphatic rings. The number of hydroxylamine groups is 2. The molecule has 2 N–H and O–H groups in total. The predicted molar refractivity (Wildman–Crippen MR) is 103 cm³/mol. The summed E-state index contributed by atoms with van der Waals surface area (Å²) in [7, 11) is 0. The molecule has 30 heavy (non-hydrogen) atoms. The third kappa shape index (κ3) is 3.30. The first-order chi connectivity index (χ1) is 14.2. The Morgan fingerprint density at radius 3 is 2.70 bits per heavy atom. The van der Waals surface area contributed by atoms with Gasteiger partial charge in [-0.15, -0.1) is 10.2 Å². The van der Waals surface area contributed by atoms with Crippen molar-refractivity contribution >= 4 is 12.1 Å². The number of alkyl carbamates (subject to hydrolysis) is 1. The molecule has 10 nitrogen and oxygen atoms in total. The van der Waals surface area contributed by atoms with E-state index in [1.165, 1.54) is 0 Å². The molecule has 4 atom stereocenters. The van der Waals surface area contributed by atoms with Crippen molar-refractivity contribution in [2.45, 2.75) is 88.9 Å². The summed E-state index contributed by atoms with van der Waals surface area (Å²) < 4.78 is 11.4. The fourth-order valence-corrected chi connectivity index (χ4v) is 5.23. The monoisotopic (exact) mass is 419 g/mol. The van der Waals surface area contributed by atoms with Crippen molar-refractivity contribution in [1.29, 1.82) is 0 Å². The van der Waals surface area contributed by atoms with Crippen LogP contribution in [-0.2, 0) is 4.74 Å². The lowest BCUT2D eigenvalue weighted by atomic mass is 9.85. The van der Waals surface area contributed by atoms with Crippen LogP contribution in [0.5, 0.6) is 0 Å². The highest BCUT2D eigenvalue weighted by Crippen LogP contribution is 2.61. The fourth-order valence-electron chi connectivity index (χ4n) is 5.23. The Balaban J connectivity index is 1.24. The van der Waals surface area contributed by atoms with Crippen LogP contribution in [0, 0.1) is 5.41 Å². The molecule has 0 radical (unpaired) electrons. The zero-order valence-electron chi connectivity index (χ0n) is 17.6. The van der Waals surface area contributed by atoms with Crippen LogP contribution in [0.4, 0.5) is 9.59 Å². The molecule has 1 aromatic rings. The second-order valence-electron chi connectivity index (χ2n) is 10.2. The number of urea groups is 1. The molecule has 2 saturated heterocycles. The molecule has 0 aromatic carbocycles. The molecular weight excluding hydrogens is 390 g/mol. The van der Waals surface area contributed by atoms with E-state index < -0.39 is 11.7 Å². The number of carbonyl (C=O) groups excluding carboxylic acids is 2. The number of piperidine rings is 1. The van der Waals surface area contributed by atoms with E-state index in [9.17, 15) is 14.8 Å². The van der Waals surface area contributed by atoms with E-state index in [-0.39, 0.29) is 35.5 Å². The van der Waals surface area contributed by atoms with Crippen LogP contribution >= 0.6 is 0 Å². The molecule has 1 spiro atoms. The first kappa shape index (κ1) is 19.6. The highest BCUT2D eigenvalue weighted by Gasteiger charge is 2.63. The smallest absolute Gasteiger partial charge is 0.407 e. The zero-order valence-corrected chi connectivity index (χ0v) is 17.6. The lowest BCUT2D eigenvalue weighted by Crippen LogP contribution is -2.41. The summed E-state index contributed by atoms with van der Waals surface area (Å²) in [5.41, 5.74) is -0.551. The molecule has 2 bridgehead atoms. The maximum absolute atomic E-state index is 12.5. The largest absolute Gasteiger partial charge is 0.444 e. The lowest BCUT2D eigenvalue weighted by Gasteiger charge is -2.34. The summed E-state index contributed by atoms with van der Waals surface area (Å²) in [6.45, 7) is 6.02. The number of fused-ring (bicyclic) bond motifs is 3. The maximum atomic E-state index is 12.5. The van der Waals surface area contributed by atoms with Gasteiger partial charge in [-0.3, -0.25) is 5.21 Å². The summed E-state index contributed by atoms with van der Waals surface area (Å²) >= 11 is 0. The number of carbonyl (C=O) groups is 2. The molecule has 3 heterocycles. The number of hydrogen-bond donors (Lipinski definition) is 2. The molecule has 164 valence electrons. The fraction of sp³-hybridized carbons (Fsp3) is 0.800. The number of ether oxygens (including phenoxy) is 1. The summed E-state index contributed by atoms with van der Waals surface area (Å²) in [5.74, 6) is 1.07. The van der Waals surface area contributed by atoms with Crippen molar-refractivity contribution in [3.63, 3.8) is 0 Å². The summed E-state index contributed by atoms with van der Waals surface area (Å²) in [6, 6.07) is -0.783. The molecule has 3 amide bonds. The van der Waals surface area contributed by atoms with Gasteiger partial charge in [0.25, 0.3) is 0 Å². The van der Waals surface area contributed by atoms with Gasteiger partial charge in [-0.1, -0.05) is 0 Å². The van der Waals surface area contributed by atoms with Crippen molar-refractivity contribution in [2.24, 2.45) is 5.41 Å². The molecule has 2 saturated carbocycles. The van der Waals surface area contributed by atoms with Crippen molar-refractivity contribution < 1.29 is 24.0 Å². The Kier molecular flexibility index (Phi) is 4.29. The first-order valence-corrected chi connectivity index (χ1v) is 10.8. The van der Waals surface area contributed by atoms with Crippen LogP contribution in [0.2, 0.25) is 0 Å². The number of nitrogens with zero attached hydrogens (tertiary/aromatic N) is 4. The lowest BCUT2D eigenvalue weighted by molar-refractivity contribution is -0.0783. The minimum atomic E-state index is -0.529. The Bertz CT molecular complexity index is 860. The van der Waals surface area contributed by atoms with Crippen LogP contribution in [0.3, 0.4) is 0 Å². The third-order valence-electron chi connectivity index (χ3n) is 6.93. The van der Waals surface area contributed by atoms with Crippen molar-refractivity contribution in [2.75, 3.05) is 6.54 Å². The Morgan fingerprint density at radius 2 is 2.00 bits per heavy atom. The van der Waals surface area contributed by atoms with Crippen LogP contribution in [0.1, 0.15) is 83.0 Å². The molecule has 5 rings (SSSR count).